The van der Waals surface area contributed by atoms with E-state index in [9.17, 15) is 24.5 Å². The molecule has 0 saturated heterocycles. The Hall–Kier alpha value is -5.33. The summed E-state index contributed by atoms with van der Waals surface area (Å²) in [6.07, 6.45) is 1.27. The van der Waals surface area contributed by atoms with Crippen molar-refractivity contribution in [2.75, 3.05) is 10.6 Å². The Morgan fingerprint density at radius 1 is 0.909 bits per heavy atom. The van der Waals surface area contributed by atoms with Crippen molar-refractivity contribution in [2.24, 2.45) is 0 Å². The number of thioether (sulfide) groups is 1. The highest BCUT2D eigenvalue weighted by molar-refractivity contribution is 8.00. The summed E-state index contributed by atoms with van der Waals surface area (Å²) in [5.41, 5.74) is 1.27. The Morgan fingerprint density at radius 2 is 1.64 bits per heavy atom. The van der Waals surface area contributed by atoms with E-state index < -0.39 is 22.0 Å². The molecule has 0 spiro atoms. The molecule has 0 saturated carbocycles. The molecule has 10 nitrogen and oxygen atoms in total. The van der Waals surface area contributed by atoms with Gasteiger partial charge in [0.25, 0.3) is 17.5 Å². The number of hydrogen-bond donors (Lipinski definition) is 3. The van der Waals surface area contributed by atoms with Gasteiger partial charge < -0.3 is 16.0 Å². The number of thiazole rings is 1. The number of fused-ring (bicyclic) bond motifs is 1. The van der Waals surface area contributed by atoms with Crippen LogP contribution in [-0.4, -0.2) is 32.9 Å². The van der Waals surface area contributed by atoms with Crippen LogP contribution in [0.25, 0.3) is 16.3 Å². The van der Waals surface area contributed by atoms with Gasteiger partial charge in [0, 0.05) is 22.2 Å². The summed E-state index contributed by atoms with van der Waals surface area (Å²) >= 11 is 2.69. The van der Waals surface area contributed by atoms with Crippen molar-refractivity contribution >= 4 is 73.6 Å². The second-order valence-corrected chi connectivity index (χ2v) is 11.9. The monoisotopic (exact) mass is 623 g/mol. The maximum Gasteiger partial charge on any atom is 0.276 e. The average Bonchev–Trinajstić information content (AvgIpc) is 3.43. The molecule has 1 heterocycles. The number of carbonyl (C=O) groups excluding carboxylic acids is 3. The number of nitrogens with one attached hydrogen (secondary N) is 3. The molecule has 220 valence electrons. The fraction of sp³-hybridized carbons (Fsp3) is 0.0625. The van der Waals surface area contributed by atoms with Crippen LogP contribution in [0.5, 0.6) is 0 Å². The van der Waals surface area contributed by atoms with Crippen molar-refractivity contribution in [2.45, 2.75) is 17.1 Å². The normalized spacial score (nSPS) is 11.9. The zero-order valence-corrected chi connectivity index (χ0v) is 24.9. The molecule has 1 unspecified atom stereocenters. The number of aromatic nitrogens is 1. The summed E-state index contributed by atoms with van der Waals surface area (Å²) in [5.74, 6) is -1.46. The number of hydrogen-bond acceptors (Lipinski definition) is 8. The molecule has 44 heavy (non-hydrogen) atoms. The summed E-state index contributed by atoms with van der Waals surface area (Å²) < 4.78 is 0.974. The molecule has 4 aromatic carbocycles. The van der Waals surface area contributed by atoms with Crippen LogP contribution in [0, 0.1) is 10.1 Å². The van der Waals surface area contributed by atoms with Gasteiger partial charge in [-0.2, -0.15) is 0 Å². The maximum absolute atomic E-state index is 13.4. The smallest absolute Gasteiger partial charge is 0.276 e. The molecule has 0 aliphatic heterocycles. The summed E-state index contributed by atoms with van der Waals surface area (Å²) in [7, 11) is 0. The molecular weight excluding hydrogens is 599 g/mol. The van der Waals surface area contributed by atoms with E-state index in [1.165, 1.54) is 47.4 Å². The number of rotatable bonds is 10. The van der Waals surface area contributed by atoms with E-state index in [0.717, 1.165) is 10.2 Å². The Balaban J connectivity index is 1.32. The van der Waals surface area contributed by atoms with E-state index in [0.29, 0.717) is 21.3 Å². The predicted octanol–water partition coefficient (Wildman–Crippen LogP) is 6.73. The molecule has 5 aromatic rings. The van der Waals surface area contributed by atoms with Crippen LogP contribution in [0.15, 0.2) is 114 Å². The zero-order chi connectivity index (χ0) is 31.1. The Bertz CT molecular complexity index is 1860. The highest BCUT2D eigenvalue weighted by Crippen LogP contribution is 2.29. The summed E-state index contributed by atoms with van der Waals surface area (Å²) in [4.78, 5) is 55.4. The standard InChI is InChI=1S/C32H25N5O5S2/c1-20(29(38)36-32-35-25-15-6-8-17-28(25)44-32)43-24-14-9-13-23(19-24)33-31(40)26(34-30(39)21-10-3-2-4-11-21)18-22-12-5-7-16-27(22)37(41)42/h2-20H,1H3,(H,33,40)(H,34,39)(H,35,36,38)/b26-18+. The van der Waals surface area contributed by atoms with Crippen LogP contribution >= 0.6 is 23.1 Å². The van der Waals surface area contributed by atoms with Crippen molar-refractivity contribution < 1.29 is 19.3 Å². The fourth-order valence-corrected chi connectivity index (χ4v) is 5.90. The number of nitrogens with zero attached hydrogens (tertiary/aromatic N) is 2. The number of benzene rings is 4. The molecule has 0 aliphatic carbocycles. The second kappa shape index (κ2) is 13.8. The van der Waals surface area contributed by atoms with Crippen LogP contribution < -0.4 is 16.0 Å². The van der Waals surface area contributed by atoms with Gasteiger partial charge in [0.1, 0.15) is 5.70 Å². The molecule has 0 fully saturated rings. The van der Waals surface area contributed by atoms with Crippen LogP contribution in [0.2, 0.25) is 0 Å². The van der Waals surface area contributed by atoms with Gasteiger partial charge in [-0.3, -0.25) is 24.5 Å². The Morgan fingerprint density at radius 3 is 2.41 bits per heavy atom. The average molecular weight is 624 g/mol. The first-order valence-corrected chi connectivity index (χ1v) is 15.0. The SMILES string of the molecule is CC(Sc1cccc(NC(=O)/C(=C\c2ccccc2[N+](=O)[O-])NC(=O)c2ccccc2)c1)C(=O)Nc1nc2ccccc2s1. The lowest BCUT2D eigenvalue weighted by molar-refractivity contribution is -0.385. The van der Waals surface area contributed by atoms with Gasteiger partial charge in [-0.25, -0.2) is 4.98 Å². The van der Waals surface area contributed by atoms with E-state index in [-0.39, 0.29) is 22.9 Å². The third kappa shape index (κ3) is 7.54. The molecule has 1 aromatic heterocycles. The molecule has 12 heteroatoms. The van der Waals surface area contributed by atoms with E-state index >= 15 is 0 Å². The number of nitro benzene ring substituents is 1. The van der Waals surface area contributed by atoms with Crippen molar-refractivity contribution in [3.8, 4) is 0 Å². The Kier molecular flexibility index (Phi) is 9.43. The van der Waals surface area contributed by atoms with Crippen LogP contribution in [0.3, 0.4) is 0 Å². The van der Waals surface area contributed by atoms with E-state index in [1.807, 2.05) is 30.3 Å². The van der Waals surface area contributed by atoms with Gasteiger partial charge in [-0.05, 0) is 61.5 Å². The zero-order valence-electron chi connectivity index (χ0n) is 23.2. The van der Waals surface area contributed by atoms with Gasteiger partial charge in [0.05, 0.1) is 26.0 Å². The van der Waals surface area contributed by atoms with E-state index in [1.54, 1.807) is 61.5 Å². The minimum atomic E-state index is -0.684. The minimum Gasteiger partial charge on any atom is -0.321 e. The largest absolute Gasteiger partial charge is 0.321 e. The lowest BCUT2D eigenvalue weighted by Crippen LogP contribution is -2.30. The quantitative estimate of drug-likeness (QED) is 0.0677. The first kappa shape index (κ1) is 30.1. The summed E-state index contributed by atoms with van der Waals surface area (Å²) in [6.45, 7) is 1.77. The minimum absolute atomic E-state index is 0.147. The van der Waals surface area contributed by atoms with Crippen molar-refractivity contribution in [1.29, 1.82) is 0 Å². The van der Waals surface area contributed by atoms with E-state index in [2.05, 4.69) is 20.9 Å². The molecule has 5 rings (SSSR count). The van der Waals surface area contributed by atoms with E-state index in [4.69, 9.17) is 0 Å². The molecule has 0 radical (unpaired) electrons. The predicted molar refractivity (Wildman–Crippen MR) is 174 cm³/mol. The van der Waals surface area contributed by atoms with Crippen LogP contribution in [-0.2, 0) is 9.59 Å². The third-order valence-electron chi connectivity index (χ3n) is 6.26. The van der Waals surface area contributed by atoms with Crippen LogP contribution in [0.1, 0.15) is 22.8 Å². The van der Waals surface area contributed by atoms with Crippen molar-refractivity contribution in [3.05, 3.63) is 130 Å². The van der Waals surface area contributed by atoms with Gasteiger partial charge >= 0.3 is 0 Å². The highest BCUT2D eigenvalue weighted by atomic mass is 32.2. The van der Waals surface area contributed by atoms with Gasteiger partial charge in [-0.1, -0.05) is 59.9 Å². The van der Waals surface area contributed by atoms with Gasteiger partial charge in [-0.15, -0.1) is 11.8 Å². The molecule has 0 bridgehead atoms. The highest BCUT2D eigenvalue weighted by Gasteiger charge is 2.20. The number of amides is 3. The lowest BCUT2D eigenvalue weighted by atomic mass is 10.1. The van der Waals surface area contributed by atoms with Crippen molar-refractivity contribution in [1.82, 2.24) is 10.3 Å². The topological polar surface area (TPSA) is 143 Å². The third-order valence-corrected chi connectivity index (χ3v) is 8.31. The number of nitro groups is 1. The summed E-state index contributed by atoms with van der Waals surface area (Å²) in [6, 6.07) is 28.7. The molecular formula is C32H25N5O5S2. The first-order chi connectivity index (χ1) is 21.3. The number of anilines is 2. The van der Waals surface area contributed by atoms with Gasteiger partial charge in [0.2, 0.25) is 5.91 Å². The van der Waals surface area contributed by atoms with Crippen LogP contribution in [0.4, 0.5) is 16.5 Å². The molecule has 0 aliphatic rings. The molecule has 3 amide bonds. The number of para-hydroxylation sites is 2. The Labute approximate surface area is 260 Å². The number of carbonyl (C=O) groups is 3. The molecule has 1 atom stereocenters. The molecule has 3 N–H and O–H groups in total. The second-order valence-electron chi connectivity index (χ2n) is 9.41. The lowest BCUT2D eigenvalue weighted by Gasteiger charge is -2.13. The first-order valence-electron chi connectivity index (χ1n) is 13.3. The summed E-state index contributed by atoms with van der Waals surface area (Å²) in [5, 5.41) is 19.8. The van der Waals surface area contributed by atoms with Gasteiger partial charge in [0.15, 0.2) is 5.13 Å². The maximum atomic E-state index is 13.4. The fourth-order valence-electron chi connectivity index (χ4n) is 4.11. The van der Waals surface area contributed by atoms with Crippen molar-refractivity contribution in [3.63, 3.8) is 0 Å².